The third-order valence-electron chi connectivity index (χ3n) is 5.58. The number of nitrogens with one attached hydrogen (secondary N) is 1. The highest BCUT2D eigenvalue weighted by atomic mass is 19.4. The van der Waals surface area contributed by atoms with Crippen molar-refractivity contribution >= 4 is 23.4 Å². The number of amides is 2. The van der Waals surface area contributed by atoms with Crippen LogP contribution in [0.5, 0.6) is 0 Å². The van der Waals surface area contributed by atoms with Crippen LogP contribution in [0.15, 0.2) is 60.8 Å². The summed E-state index contributed by atoms with van der Waals surface area (Å²) in [6.45, 7) is 1.52. The fourth-order valence-corrected chi connectivity index (χ4v) is 4.07. The minimum atomic E-state index is -4.39. The number of rotatable bonds is 2. The molecule has 1 aromatic carbocycles. The topological polar surface area (TPSA) is 61.4 Å². The van der Waals surface area contributed by atoms with Crippen LogP contribution in [0.1, 0.15) is 12.0 Å². The number of pyridine rings is 2. The first-order valence-corrected chi connectivity index (χ1v) is 9.85. The zero-order valence-electron chi connectivity index (χ0n) is 16.3. The SMILES string of the molecule is O=C(Nc1ccccn1)N1c2nc(-c3ccc(C(F)(F)F)cc3)ccc2N2CC[C@H]1C2. The Labute approximate surface area is 176 Å². The molecule has 1 atom stereocenters. The summed E-state index contributed by atoms with van der Waals surface area (Å²) in [4.78, 5) is 25.8. The Bertz CT molecular complexity index is 1120. The van der Waals surface area contributed by atoms with Crippen LogP contribution >= 0.6 is 0 Å². The summed E-state index contributed by atoms with van der Waals surface area (Å²) in [5, 5.41) is 2.81. The van der Waals surface area contributed by atoms with Gasteiger partial charge in [0.05, 0.1) is 23.0 Å². The summed E-state index contributed by atoms with van der Waals surface area (Å²) in [7, 11) is 0. The fraction of sp³-hybridized carbons (Fsp3) is 0.227. The van der Waals surface area contributed by atoms with Crippen molar-refractivity contribution in [1.29, 1.82) is 0 Å². The predicted octanol–water partition coefficient (Wildman–Crippen LogP) is 4.79. The minimum Gasteiger partial charge on any atom is -0.366 e. The van der Waals surface area contributed by atoms with Crippen molar-refractivity contribution in [3.63, 3.8) is 0 Å². The molecule has 9 heteroatoms. The highest BCUT2D eigenvalue weighted by Gasteiger charge is 2.40. The molecule has 2 aromatic heterocycles. The molecule has 1 fully saturated rings. The van der Waals surface area contributed by atoms with Gasteiger partial charge in [-0.2, -0.15) is 13.2 Å². The quantitative estimate of drug-likeness (QED) is 0.641. The van der Waals surface area contributed by atoms with Gasteiger partial charge in [0.1, 0.15) is 5.82 Å². The smallest absolute Gasteiger partial charge is 0.366 e. The molecular weight excluding hydrogens is 407 g/mol. The van der Waals surface area contributed by atoms with Gasteiger partial charge in [-0.1, -0.05) is 18.2 Å². The maximum atomic E-state index is 13.1. The van der Waals surface area contributed by atoms with Crippen molar-refractivity contribution < 1.29 is 18.0 Å². The van der Waals surface area contributed by atoms with Gasteiger partial charge in [0.2, 0.25) is 0 Å². The predicted molar refractivity (Wildman–Crippen MR) is 111 cm³/mol. The van der Waals surface area contributed by atoms with Crippen molar-refractivity contribution in [2.75, 3.05) is 28.2 Å². The Morgan fingerprint density at radius 3 is 2.58 bits per heavy atom. The number of hydrogen-bond acceptors (Lipinski definition) is 4. The summed E-state index contributed by atoms with van der Waals surface area (Å²) in [5.74, 6) is 0.938. The Morgan fingerprint density at radius 1 is 1.06 bits per heavy atom. The molecule has 0 unspecified atom stereocenters. The molecular formula is C22H18F3N5O. The van der Waals surface area contributed by atoms with E-state index in [0.717, 1.165) is 30.8 Å². The molecule has 2 aliphatic heterocycles. The molecule has 5 rings (SSSR count). The Hall–Kier alpha value is -3.62. The summed E-state index contributed by atoms with van der Waals surface area (Å²) in [6.07, 6.45) is -1.99. The minimum absolute atomic E-state index is 0.0356. The highest BCUT2D eigenvalue weighted by Crippen LogP contribution is 2.40. The zero-order chi connectivity index (χ0) is 21.6. The molecule has 4 heterocycles. The molecule has 158 valence electrons. The van der Waals surface area contributed by atoms with E-state index < -0.39 is 11.7 Å². The fourth-order valence-electron chi connectivity index (χ4n) is 4.07. The van der Waals surface area contributed by atoms with Crippen LogP contribution in [0, 0.1) is 0 Å². The van der Waals surface area contributed by atoms with Crippen LogP contribution in [0.3, 0.4) is 0 Å². The van der Waals surface area contributed by atoms with Gasteiger partial charge in [0, 0.05) is 24.8 Å². The molecule has 0 saturated carbocycles. The number of aromatic nitrogens is 2. The van der Waals surface area contributed by atoms with E-state index in [-0.39, 0.29) is 12.1 Å². The molecule has 31 heavy (non-hydrogen) atoms. The maximum Gasteiger partial charge on any atom is 0.416 e. The summed E-state index contributed by atoms with van der Waals surface area (Å²) >= 11 is 0. The third kappa shape index (κ3) is 3.56. The van der Waals surface area contributed by atoms with E-state index in [2.05, 4.69) is 20.2 Å². The number of anilines is 3. The second-order valence-electron chi connectivity index (χ2n) is 7.52. The first-order valence-electron chi connectivity index (χ1n) is 9.85. The number of nitrogens with zero attached hydrogens (tertiary/aromatic N) is 4. The zero-order valence-corrected chi connectivity index (χ0v) is 16.3. The van der Waals surface area contributed by atoms with Gasteiger partial charge in [-0.3, -0.25) is 10.2 Å². The first kappa shape index (κ1) is 19.3. The number of benzene rings is 1. The Kier molecular flexibility index (Phi) is 4.53. The van der Waals surface area contributed by atoms with E-state index in [1.807, 2.05) is 6.07 Å². The van der Waals surface area contributed by atoms with Crippen molar-refractivity contribution in [3.8, 4) is 11.3 Å². The molecule has 2 bridgehead atoms. The van der Waals surface area contributed by atoms with Crippen LogP contribution in [-0.4, -0.2) is 35.1 Å². The van der Waals surface area contributed by atoms with E-state index in [0.29, 0.717) is 29.4 Å². The van der Waals surface area contributed by atoms with Gasteiger partial charge < -0.3 is 4.90 Å². The van der Waals surface area contributed by atoms with Crippen molar-refractivity contribution in [2.45, 2.75) is 18.6 Å². The summed E-state index contributed by atoms with van der Waals surface area (Å²) in [6, 6.07) is 13.4. The number of fused-ring (bicyclic) bond motifs is 4. The average Bonchev–Trinajstić information content (AvgIpc) is 3.18. The first-order chi connectivity index (χ1) is 14.9. The number of carbonyl (C=O) groups is 1. The lowest BCUT2D eigenvalue weighted by Gasteiger charge is -2.35. The van der Waals surface area contributed by atoms with Gasteiger partial charge in [-0.05, 0) is 42.8 Å². The van der Waals surface area contributed by atoms with E-state index in [9.17, 15) is 18.0 Å². The number of urea groups is 1. The molecule has 1 N–H and O–H groups in total. The van der Waals surface area contributed by atoms with E-state index in [4.69, 9.17) is 0 Å². The lowest BCUT2D eigenvalue weighted by Crippen LogP contribution is -2.48. The number of alkyl halides is 3. The standard InChI is InChI=1S/C22H18F3N5O/c23-22(24,25)15-6-4-14(5-7-15)17-8-9-18-20(27-17)30(16-10-12-29(18)13-16)21(31)28-19-3-1-2-11-26-19/h1-9,11,16H,10,12-13H2,(H,26,28,31)/t16-/m0/s1. The Balaban J connectivity index is 1.50. The van der Waals surface area contributed by atoms with Crippen LogP contribution in [-0.2, 0) is 6.18 Å². The van der Waals surface area contributed by atoms with Crippen LogP contribution in [0.25, 0.3) is 11.3 Å². The number of carbonyl (C=O) groups excluding carboxylic acids is 1. The molecule has 2 aliphatic rings. The normalized spacial score (nSPS) is 17.5. The lowest BCUT2D eigenvalue weighted by molar-refractivity contribution is -0.137. The highest BCUT2D eigenvalue weighted by molar-refractivity contribution is 6.04. The van der Waals surface area contributed by atoms with Crippen molar-refractivity contribution in [3.05, 3.63) is 66.4 Å². The third-order valence-corrected chi connectivity index (χ3v) is 5.58. The average molecular weight is 425 g/mol. The van der Waals surface area contributed by atoms with Crippen LogP contribution in [0.4, 0.5) is 35.3 Å². The van der Waals surface area contributed by atoms with Gasteiger partial charge in [0.25, 0.3) is 0 Å². The summed E-state index contributed by atoms with van der Waals surface area (Å²) < 4.78 is 38.6. The number of halogens is 3. The molecule has 3 aromatic rings. The maximum absolute atomic E-state index is 13.1. The Morgan fingerprint density at radius 2 is 1.87 bits per heavy atom. The van der Waals surface area contributed by atoms with E-state index in [1.54, 1.807) is 35.4 Å². The molecule has 0 aliphatic carbocycles. The van der Waals surface area contributed by atoms with Crippen molar-refractivity contribution in [1.82, 2.24) is 9.97 Å². The molecule has 2 amide bonds. The second kappa shape index (κ2) is 7.26. The molecule has 0 radical (unpaired) electrons. The molecule has 0 spiro atoms. The van der Waals surface area contributed by atoms with Crippen LogP contribution in [0.2, 0.25) is 0 Å². The molecule has 6 nitrogen and oxygen atoms in total. The van der Waals surface area contributed by atoms with Gasteiger partial charge in [-0.25, -0.2) is 14.8 Å². The van der Waals surface area contributed by atoms with Gasteiger partial charge in [-0.15, -0.1) is 0 Å². The largest absolute Gasteiger partial charge is 0.416 e. The van der Waals surface area contributed by atoms with Crippen LogP contribution < -0.4 is 15.1 Å². The second-order valence-corrected chi connectivity index (χ2v) is 7.52. The lowest BCUT2D eigenvalue weighted by atomic mass is 10.1. The van der Waals surface area contributed by atoms with Crippen molar-refractivity contribution in [2.24, 2.45) is 0 Å². The van der Waals surface area contributed by atoms with Gasteiger partial charge in [0.15, 0.2) is 5.82 Å². The number of hydrogen-bond donors (Lipinski definition) is 1. The molecule has 1 saturated heterocycles. The van der Waals surface area contributed by atoms with E-state index >= 15 is 0 Å². The van der Waals surface area contributed by atoms with E-state index in [1.165, 1.54) is 12.1 Å². The monoisotopic (exact) mass is 425 g/mol. The summed E-state index contributed by atoms with van der Waals surface area (Å²) in [5.41, 5.74) is 1.18. The van der Waals surface area contributed by atoms with Gasteiger partial charge >= 0.3 is 12.2 Å².